The molecule has 0 aromatic heterocycles. The number of nitrogens with zero attached hydrogens (tertiary/aromatic N) is 1. The van der Waals surface area contributed by atoms with Gasteiger partial charge >= 0.3 is 0 Å². The van der Waals surface area contributed by atoms with E-state index in [0.29, 0.717) is 5.92 Å². The lowest BCUT2D eigenvalue weighted by Crippen LogP contribution is -2.14. The second-order valence-electron chi connectivity index (χ2n) is 7.61. The summed E-state index contributed by atoms with van der Waals surface area (Å²) in [4.78, 5) is 0. The quantitative estimate of drug-likeness (QED) is 0.325. The van der Waals surface area contributed by atoms with Crippen molar-refractivity contribution in [3.63, 3.8) is 0 Å². The normalized spacial score (nSPS) is 20.3. The largest absolute Gasteiger partial charge is 0.381 e. The lowest BCUT2D eigenvalue weighted by molar-refractivity contribution is 0.122. The fraction of sp³-hybridized carbons (Fsp3) is 0.625. The Balaban J connectivity index is 1.50. The predicted molar refractivity (Wildman–Crippen MR) is 109 cm³/mol. The maximum atomic E-state index is 8.90. The topological polar surface area (TPSA) is 33.0 Å². The second-order valence-corrected chi connectivity index (χ2v) is 7.61. The zero-order chi connectivity index (χ0) is 18.5. The van der Waals surface area contributed by atoms with Crippen LogP contribution in [0.15, 0.2) is 36.4 Å². The molecule has 0 atom stereocenters. The van der Waals surface area contributed by atoms with E-state index in [-0.39, 0.29) is 0 Å². The van der Waals surface area contributed by atoms with Crippen LogP contribution in [-0.4, -0.2) is 13.2 Å². The summed E-state index contributed by atoms with van der Waals surface area (Å²) in [5.41, 5.74) is 2.18. The molecule has 1 aromatic carbocycles. The molecule has 2 heteroatoms. The number of unbranched alkanes of at least 4 members (excludes halogenated alkanes) is 2. The minimum atomic E-state index is 0.691. The van der Waals surface area contributed by atoms with Crippen LogP contribution < -0.4 is 0 Å². The molecule has 2 nitrogen and oxygen atoms in total. The molecule has 0 bridgehead atoms. The molecule has 142 valence electrons. The molecule has 0 N–H and O–H groups in total. The molecule has 1 aliphatic rings. The van der Waals surface area contributed by atoms with Crippen LogP contribution in [0.1, 0.15) is 88.2 Å². The Labute approximate surface area is 160 Å². The van der Waals surface area contributed by atoms with E-state index in [1.54, 1.807) is 0 Å². The van der Waals surface area contributed by atoms with Crippen LogP contribution in [0, 0.1) is 17.2 Å². The Hall–Kier alpha value is -1.59. The highest BCUT2D eigenvalue weighted by Crippen LogP contribution is 2.37. The standard InChI is InChI=1S/C24H35NO/c1-2-3-4-5-6-7-18-26-19-8-9-21-10-14-23(15-11-21)24-16-12-22(20-25)13-17-24/h4-5,12-13,16-17,21,23H,2-3,6-11,14-15,18-19H2,1H3. The molecule has 26 heavy (non-hydrogen) atoms. The van der Waals surface area contributed by atoms with E-state index in [0.717, 1.165) is 37.5 Å². The third-order valence-electron chi connectivity index (χ3n) is 5.54. The van der Waals surface area contributed by atoms with Crippen molar-refractivity contribution in [2.45, 2.75) is 77.0 Å². The van der Waals surface area contributed by atoms with E-state index < -0.39 is 0 Å². The SMILES string of the molecule is CCCC=CCCCOCCCC1CCC(c2ccc(C#N)cc2)CC1. The van der Waals surface area contributed by atoms with Gasteiger partial charge in [-0.15, -0.1) is 0 Å². The van der Waals surface area contributed by atoms with Crippen molar-refractivity contribution in [2.24, 2.45) is 5.92 Å². The van der Waals surface area contributed by atoms with Gasteiger partial charge in [0.15, 0.2) is 0 Å². The van der Waals surface area contributed by atoms with Gasteiger partial charge in [-0.05, 0) is 87.3 Å². The molecule has 1 fully saturated rings. The van der Waals surface area contributed by atoms with Crippen molar-refractivity contribution in [1.29, 1.82) is 5.26 Å². The van der Waals surface area contributed by atoms with Gasteiger partial charge in [0.2, 0.25) is 0 Å². The third kappa shape index (κ3) is 7.75. The number of nitriles is 1. The van der Waals surface area contributed by atoms with Crippen molar-refractivity contribution in [1.82, 2.24) is 0 Å². The van der Waals surface area contributed by atoms with Crippen LogP contribution in [0.4, 0.5) is 0 Å². The first-order chi connectivity index (χ1) is 12.8. The molecule has 1 aliphatic carbocycles. The molecular formula is C24H35NO. The van der Waals surface area contributed by atoms with Gasteiger partial charge in [-0.1, -0.05) is 37.6 Å². The Morgan fingerprint density at radius 1 is 1.00 bits per heavy atom. The summed E-state index contributed by atoms with van der Waals surface area (Å²) >= 11 is 0. The Kier molecular flexibility index (Phi) is 10.1. The van der Waals surface area contributed by atoms with Gasteiger partial charge in [0, 0.05) is 13.2 Å². The van der Waals surface area contributed by atoms with E-state index in [1.165, 1.54) is 56.9 Å². The van der Waals surface area contributed by atoms with Crippen molar-refractivity contribution >= 4 is 0 Å². The minimum Gasteiger partial charge on any atom is -0.381 e. The zero-order valence-electron chi connectivity index (χ0n) is 16.5. The van der Waals surface area contributed by atoms with Gasteiger partial charge in [0.05, 0.1) is 11.6 Å². The van der Waals surface area contributed by atoms with Gasteiger partial charge in [-0.3, -0.25) is 0 Å². The number of hydrogen-bond acceptors (Lipinski definition) is 2. The summed E-state index contributed by atoms with van der Waals surface area (Å²) in [6.45, 7) is 4.04. The first-order valence-electron chi connectivity index (χ1n) is 10.6. The molecule has 0 aliphatic heterocycles. The van der Waals surface area contributed by atoms with Gasteiger partial charge in [-0.2, -0.15) is 5.26 Å². The fourth-order valence-corrected chi connectivity index (χ4v) is 3.90. The summed E-state index contributed by atoms with van der Waals surface area (Å²) in [7, 11) is 0. The Morgan fingerprint density at radius 3 is 2.38 bits per heavy atom. The van der Waals surface area contributed by atoms with Gasteiger partial charge in [0.1, 0.15) is 0 Å². The molecule has 0 saturated heterocycles. The molecule has 0 amide bonds. The molecule has 0 unspecified atom stereocenters. The van der Waals surface area contributed by atoms with E-state index in [4.69, 9.17) is 10.00 Å². The van der Waals surface area contributed by atoms with Crippen LogP contribution in [-0.2, 0) is 4.74 Å². The maximum Gasteiger partial charge on any atom is 0.0991 e. The molecule has 1 saturated carbocycles. The highest BCUT2D eigenvalue weighted by atomic mass is 16.5. The number of hydrogen-bond donors (Lipinski definition) is 0. The van der Waals surface area contributed by atoms with Crippen LogP contribution in [0.2, 0.25) is 0 Å². The lowest BCUT2D eigenvalue weighted by atomic mass is 9.77. The highest BCUT2D eigenvalue weighted by molar-refractivity contribution is 5.33. The number of ether oxygens (including phenoxy) is 1. The molecule has 0 heterocycles. The van der Waals surface area contributed by atoms with Crippen LogP contribution >= 0.6 is 0 Å². The van der Waals surface area contributed by atoms with Crippen LogP contribution in [0.25, 0.3) is 0 Å². The first kappa shape index (κ1) is 20.7. The highest BCUT2D eigenvalue weighted by Gasteiger charge is 2.21. The third-order valence-corrected chi connectivity index (χ3v) is 5.54. The number of rotatable bonds is 11. The van der Waals surface area contributed by atoms with Crippen LogP contribution in [0.3, 0.4) is 0 Å². The van der Waals surface area contributed by atoms with Gasteiger partial charge in [-0.25, -0.2) is 0 Å². The zero-order valence-corrected chi connectivity index (χ0v) is 16.5. The summed E-state index contributed by atoms with van der Waals surface area (Å²) in [5, 5.41) is 8.90. The molecule has 0 radical (unpaired) electrons. The van der Waals surface area contributed by atoms with Gasteiger partial charge in [0.25, 0.3) is 0 Å². The smallest absolute Gasteiger partial charge is 0.0991 e. The van der Waals surface area contributed by atoms with E-state index >= 15 is 0 Å². The van der Waals surface area contributed by atoms with Crippen molar-refractivity contribution < 1.29 is 4.74 Å². The van der Waals surface area contributed by atoms with Crippen molar-refractivity contribution in [3.05, 3.63) is 47.5 Å². The van der Waals surface area contributed by atoms with E-state index in [1.807, 2.05) is 12.1 Å². The van der Waals surface area contributed by atoms with Crippen molar-refractivity contribution in [3.8, 4) is 6.07 Å². The average molecular weight is 354 g/mol. The van der Waals surface area contributed by atoms with E-state index in [2.05, 4.69) is 37.3 Å². The molecule has 2 rings (SSSR count). The lowest BCUT2D eigenvalue weighted by Gasteiger charge is -2.28. The van der Waals surface area contributed by atoms with Crippen LogP contribution in [0.5, 0.6) is 0 Å². The fourth-order valence-electron chi connectivity index (χ4n) is 3.90. The number of benzene rings is 1. The Bertz CT molecular complexity index is 547. The number of allylic oxidation sites excluding steroid dienone is 2. The Morgan fingerprint density at radius 2 is 1.69 bits per heavy atom. The summed E-state index contributed by atoms with van der Waals surface area (Å²) in [5.74, 6) is 1.57. The van der Waals surface area contributed by atoms with Crippen molar-refractivity contribution in [2.75, 3.05) is 13.2 Å². The summed E-state index contributed by atoms with van der Waals surface area (Å²) in [6, 6.07) is 10.4. The molecule has 0 spiro atoms. The maximum absolute atomic E-state index is 8.90. The summed E-state index contributed by atoms with van der Waals surface area (Å²) < 4.78 is 5.78. The minimum absolute atomic E-state index is 0.691. The van der Waals surface area contributed by atoms with E-state index in [9.17, 15) is 0 Å². The predicted octanol–water partition coefficient (Wildman–Crippen LogP) is 6.77. The summed E-state index contributed by atoms with van der Waals surface area (Å²) in [6.07, 6.45) is 17.1. The monoisotopic (exact) mass is 353 g/mol. The first-order valence-corrected chi connectivity index (χ1v) is 10.6. The second kappa shape index (κ2) is 12.7. The molecular weight excluding hydrogens is 318 g/mol. The molecule has 1 aromatic rings. The average Bonchev–Trinajstić information content (AvgIpc) is 2.70. The van der Waals surface area contributed by atoms with Gasteiger partial charge < -0.3 is 4.74 Å².